The molecule has 1 fully saturated rings. The molecule has 0 radical (unpaired) electrons. The predicted molar refractivity (Wildman–Crippen MR) is 113 cm³/mol. The highest BCUT2D eigenvalue weighted by molar-refractivity contribution is 5.86. The second-order valence-corrected chi connectivity index (χ2v) is 8.23. The molecule has 0 aliphatic carbocycles. The number of amides is 1. The molecule has 7 nitrogen and oxygen atoms in total. The van der Waals surface area contributed by atoms with Crippen LogP contribution in [0.1, 0.15) is 55.8 Å². The molecule has 4 heterocycles. The van der Waals surface area contributed by atoms with Gasteiger partial charge in [-0.15, -0.1) is 0 Å². The number of nitrogens with zero attached hydrogens (tertiary/aromatic N) is 3. The number of aliphatic hydroxyl groups is 1. The highest BCUT2D eigenvalue weighted by Crippen LogP contribution is 2.45. The zero-order valence-electron chi connectivity index (χ0n) is 17.4. The normalized spacial score (nSPS) is 21.9. The Balaban J connectivity index is 1.64. The first-order chi connectivity index (χ1) is 14.3. The molecule has 7 heteroatoms. The number of ether oxygens (including phenoxy) is 1. The van der Waals surface area contributed by atoms with Crippen molar-refractivity contribution in [2.75, 3.05) is 6.61 Å². The number of hydrogen-bond donors (Lipinski definition) is 2. The van der Waals surface area contributed by atoms with Crippen molar-refractivity contribution in [2.45, 2.75) is 45.8 Å². The zero-order chi connectivity index (χ0) is 21.5. The first-order valence-corrected chi connectivity index (χ1v) is 10.2. The van der Waals surface area contributed by atoms with E-state index in [9.17, 15) is 9.90 Å². The first-order valence-electron chi connectivity index (χ1n) is 10.2. The second-order valence-electron chi connectivity index (χ2n) is 8.23. The van der Waals surface area contributed by atoms with Crippen LogP contribution in [0.25, 0.3) is 22.0 Å². The third-order valence-corrected chi connectivity index (χ3v) is 5.90. The number of fused-ring (bicyclic) bond motifs is 1. The first kappa shape index (κ1) is 20.4. The molecular formula is C23H26N4O3. The molecule has 0 spiro atoms. The van der Waals surface area contributed by atoms with E-state index in [1.54, 1.807) is 25.5 Å². The quantitative estimate of drug-likeness (QED) is 0.649. The fraction of sp³-hybridized carbons (Fsp3) is 0.391. The summed E-state index contributed by atoms with van der Waals surface area (Å²) in [6, 6.07) is 5.78. The zero-order valence-corrected chi connectivity index (χ0v) is 17.4. The van der Waals surface area contributed by atoms with Crippen LogP contribution in [0.3, 0.4) is 0 Å². The molecule has 3 N–H and O–H groups in total. The summed E-state index contributed by atoms with van der Waals surface area (Å²) in [6.45, 7) is 6.13. The summed E-state index contributed by atoms with van der Waals surface area (Å²) < 4.78 is 5.59. The van der Waals surface area contributed by atoms with Crippen molar-refractivity contribution < 1.29 is 14.6 Å². The van der Waals surface area contributed by atoms with Crippen LogP contribution in [-0.2, 0) is 9.53 Å². The molecule has 1 amide bonds. The lowest BCUT2D eigenvalue weighted by Crippen LogP contribution is -2.52. The molecule has 0 aromatic carbocycles. The van der Waals surface area contributed by atoms with Crippen molar-refractivity contribution >= 4 is 16.7 Å². The monoisotopic (exact) mass is 406 g/mol. The summed E-state index contributed by atoms with van der Waals surface area (Å²) >= 11 is 0. The van der Waals surface area contributed by atoms with Gasteiger partial charge in [0.2, 0.25) is 5.91 Å². The van der Waals surface area contributed by atoms with Gasteiger partial charge in [-0.3, -0.25) is 19.7 Å². The van der Waals surface area contributed by atoms with Crippen molar-refractivity contribution in [1.29, 1.82) is 0 Å². The van der Waals surface area contributed by atoms with Crippen LogP contribution in [0.15, 0.2) is 36.8 Å². The number of carbonyl (C=O) groups is 1. The number of rotatable bonds is 6. The van der Waals surface area contributed by atoms with E-state index in [0.717, 1.165) is 34.0 Å². The molecule has 156 valence electrons. The molecule has 3 atom stereocenters. The van der Waals surface area contributed by atoms with Gasteiger partial charge in [0.1, 0.15) is 11.5 Å². The topological polar surface area (TPSA) is 111 Å². The molecule has 1 aliphatic rings. The van der Waals surface area contributed by atoms with E-state index >= 15 is 0 Å². The Hall–Kier alpha value is -2.90. The van der Waals surface area contributed by atoms with Gasteiger partial charge in [0.25, 0.3) is 0 Å². The second kappa shape index (κ2) is 7.74. The van der Waals surface area contributed by atoms with E-state index in [4.69, 9.17) is 10.5 Å². The summed E-state index contributed by atoms with van der Waals surface area (Å²) in [7, 11) is 0. The van der Waals surface area contributed by atoms with E-state index < -0.39 is 17.6 Å². The Labute approximate surface area is 175 Å². The Morgan fingerprint density at radius 1 is 1.23 bits per heavy atom. The van der Waals surface area contributed by atoms with Crippen LogP contribution in [0.5, 0.6) is 0 Å². The van der Waals surface area contributed by atoms with Gasteiger partial charge in [-0.1, -0.05) is 13.3 Å². The van der Waals surface area contributed by atoms with E-state index in [2.05, 4.69) is 15.0 Å². The number of aliphatic hydroxyl groups excluding tert-OH is 1. The average Bonchev–Trinajstić information content (AvgIpc) is 2.72. The Morgan fingerprint density at radius 3 is 2.60 bits per heavy atom. The lowest BCUT2D eigenvalue weighted by atomic mass is 9.77. The van der Waals surface area contributed by atoms with E-state index in [0.29, 0.717) is 24.4 Å². The summed E-state index contributed by atoms with van der Waals surface area (Å²) in [4.78, 5) is 25.3. The number of aromatic nitrogens is 3. The Bertz CT molecular complexity index is 1120. The molecule has 0 bridgehead atoms. The number of hydrogen-bond acceptors (Lipinski definition) is 6. The molecule has 1 aliphatic heterocycles. The SMILES string of the molecule is CCCC(O)c1cc(C)c(-c2cc3cnc(C4OCC4(C)C(N)=O)cc3cn2)cn1. The summed E-state index contributed by atoms with van der Waals surface area (Å²) in [5.74, 6) is -0.385. The van der Waals surface area contributed by atoms with Crippen LogP contribution in [0, 0.1) is 12.3 Å². The van der Waals surface area contributed by atoms with Crippen LogP contribution >= 0.6 is 0 Å². The minimum absolute atomic E-state index is 0.305. The fourth-order valence-corrected chi connectivity index (χ4v) is 3.82. The fourth-order valence-electron chi connectivity index (χ4n) is 3.82. The molecule has 3 unspecified atom stereocenters. The van der Waals surface area contributed by atoms with Gasteiger partial charge in [0.15, 0.2) is 0 Å². The molecule has 0 saturated carbocycles. The van der Waals surface area contributed by atoms with Gasteiger partial charge in [-0.2, -0.15) is 0 Å². The van der Waals surface area contributed by atoms with Gasteiger partial charge in [-0.05, 0) is 44.0 Å². The standard InChI is InChI=1S/C23H26N4O3/c1-4-5-20(28)18-6-13(2)16(11-27-18)17-7-14-10-26-19(8-15(14)9-25-17)21-23(3,12-30-21)22(24)29/h6-11,20-21,28H,4-5,12H2,1-3H3,(H2,24,29). The molecule has 30 heavy (non-hydrogen) atoms. The van der Waals surface area contributed by atoms with Crippen LogP contribution in [0.2, 0.25) is 0 Å². The molecule has 4 rings (SSSR count). The number of carbonyl (C=O) groups excluding carboxylic acids is 1. The van der Waals surface area contributed by atoms with Crippen LogP contribution < -0.4 is 5.73 Å². The van der Waals surface area contributed by atoms with Crippen molar-refractivity contribution in [3.63, 3.8) is 0 Å². The van der Waals surface area contributed by atoms with Gasteiger partial charge < -0.3 is 15.6 Å². The lowest BCUT2D eigenvalue weighted by molar-refractivity contribution is -0.191. The maximum Gasteiger partial charge on any atom is 0.228 e. The van der Waals surface area contributed by atoms with Crippen LogP contribution in [0.4, 0.5) is 0 Å². The third-order valence-electron chi connectivity index (χ3n) is 5.90. The molecule has 3 aromatic rings. The molecule has 3 aromatic heterocycles. The molecule has 1 saturated heterocycles. The smallest absolute Gasteiger partial charge is 0.228 e. The minimum Gasteiger partial charge on any atom is -0.387 e. The number of nitrogens with two attached hydrogens (primary N) is 1. The van der Waals surface area contributed by atoms with Gasteiger partial charge >= 0.3 is 0 Å². The third kappa shape index (κ3) is 3.44. The van der Waals surface area contributed by atoms with Gasteiger partial charge in [-0.25, -0.2) is 0 Å². The highest BCUT2D eigenvalue weighted by Gasteiger charge is 2.51. The Morgan fingerprint density at radius 2 is 1.97 bits per heavy atom. The maximum absolute atomic E-state index is 11.8. The number of primary amides is 1. The largest absolute Gasteiger partial charge is 0.387 e. The summed E-state index contributed by atoms with van der Waals surface area (Å²) in [5, 5.41) is 12.0. The minimum atomic E-state index is -0.735. The van der Waals surface area contributed by atoms with Crippen molar-refractivity contribution in [3.05, 3.63) is 53.7 Å². The summed E-state index contributed by atoms with van der Waals surface area (Å²) in [6.07, 6.45) is 5.92. The predicted octanol–water partition coefficient (Wildman–Crippen LogP) is 3.40. The summed E-state index contributed by atoms with van der Waals surface area (Å²) in [5.41, 5.74) is 8.87. The van der Waals surface area contributed by atoms with Gasteiger partial charge in [0.05, 0.1) is 29.8 Å². The van der Waals surface area contributed by atoms with E-state index in [-0.39, 0.29) is 5.91 Å². The van der Waals surface area contributed by atoms with Crippen LogP contribution in [-0.4, -0.2) is 32.6 Å². The van der Waals surface area contributed by atoms with Gasteiger partial charge in [0, 0.05) is 34.9 Å². The van der Waals surface area contributed by atoms with Crippen molar-refractivity contribution in [1.82, 2.24) is 15.0 Å². The number of pyridine rings is 3. The van der Waals surface area contributed by atoms with Crippen molar-refractivity contribution in [2.24, 2.45) is 11.1 Å². The van der Waals surface area contributed by atoms with E-state index in [1.165, 1.54) is 0 Å². The lowest BCUT2D eigenvalue weighted by Gasteiger charge is -2.43. The maximum atomic E-state index is 11.8. The van der Waals surface area contributed by atoms with E-state index in [1.807, 2.05) is 32.0 Å². The average molecular weight is 406 g/mol. The Kier molecular flexibility index (Phi) is 5.26. The van der Waals surface area contributed by atoms with Crippen molar-refractivity contribution in [3.8, 4) is 11.3 Å². The highest BCUT2D eigenvalue weighted by atomic mass is 16.5. The molecular weight excluding hydrogens is 380 g/mol. The number of aryl methyl sites for hydroxylation is 1.